The normalized spacial score (nSPS) is 12.4. The number of aromatic nitrogens is 4. The van der Waals surface area contributed by atoms with Crippen LogP contribution in [0.2, 0.25) is 0 Å². The van der Waals surface area contributed by atoms with Crippen LogP contribution < -0.4 is 20.1 Å². The van der Waals surface area contributed by atoms with Crippen LogP contribution in [0.3, 0.4) is 0 Å². The molecule has 5 rings (SSSR count). The summed E-state index contributed by atoms with van der Waals surface area (Å²) in [5.74, 6) is 0.451. The molecule has 0 atom stereocenters. The molecule has 2 aromatic heterocycles. The van der Waals surface area contributed by atoms with E-state index in [0.29, 0.717) is 36.1 Å². The number of esters is 1. The van der Waals surface area contributed by atoms with Gasteiger partial charge in [-0.25, -0.2) is 9.37 Å². The third-order valence-corrected chi connectivity index (χ3v) is 4.95. The number of halogens is 1. The highest BCUT2D eigenvalue weighted by Crippen LogP contribution is 2.34. The second kappa shape index (κ2) is 8.61. The lowest BCUT2D eigenvalue weighted by Crippen LogP contribution is -2.15. The summed E-state index contributed by atoms with van der Waals surface area (Å²) in [4.78, 5) is 19.8. The summed E-state index contributed by atoms with van der Waals surface area (Å²) in [6.07, 6.45) is 2.73. The van der Waals surface area contributed by atoms with Gasteiger partial charge in [0.1, 0.15) is 19.8 Å². The average molecular weight is 450 g/mol. The van der Waals surface area contributed by atoms with Crippen molar-refractivity contribution in [3.63, 3.8) is 0 Å². The first-order valence-corrected chi connectivity index (χ1v) is 10.1. The van der Waals surface area contributed by atoms with Gasteiger partial charge >= 0.3 is 5.97 Å². The van der Waals surface area contributed by atoms with Gasteiger partial charge in [0.05, 0.1) is 25.0 Å². The smallest absolute Gasteiger partial charge is 0.327 e. The zero-order chi connectivity index (χ0) is 22.8. The van der Waals surface area contributed by atoms with Crippen molar-refractivity contribution in [2.24, 2.45) is 0 Å². The number of benzene rings is 2. The topological polar surface area (TPSA) is 112 Å². The van der Waals surface area contributed by atoms with E-state index in [4.69, 9.17) is 9.47 Å². The fourth-order valence-electron chi connectivity index (χ4n) is 3.38. The Bertz CT molecular complexity index is 1340. The molecule has 3 heterocycles. The van der Waals surface area contributed by atoms with Gasteiger partial charge in [-0.05, 0) is 30.3 Å². The van der Waals surface area contributed by atoms with Crippen LogP contribution in [-0.2, 0) is 16.1 Å². The van der Waals surface area contributed by atoms with Crippen LogP contribution in [0.15, 0.2) is 48.8 Å². The summed E-state index contributed by atoms with van der Waals surface area (Å²) in [7, 11) is 1.33. The maximum absolute atomic E-state index is 14.4. The molecule has 0 radical (unpaired) electrons. The van der Waals surface area contributed by atoms with Crippen molar-refractivity contribution in [1.29, 1.82) is 0 Å². The molecule has 0 unspecified atom stereocenters. The van der Waals surface area contributed by atoms with Crippen LogP contribution in [0, 0.1) is 5.82 Å². The molecule has 0 amide bonds. The fraction of sp³-hybridized carbons (Fsp3) is 0.182. The Balaban J connectivity index is 1.35. The predicted octanol–water partition coefficient (Wildman–Crippen LogP) is 3.40. The minimum Gasteiger partial charge on any atom is -0.486 e. The van der Waals surface area contributed by atoms with Gasteiger partial charge in [0.15, 0.2) is 23.1 Å². The van der Waals surface area contributed by atoms with E-state index in [1.54, 1.807) is 35.1 Å². The van der Waals surface area contributed by atoms with Crippen LogP contribution in [-0.4, -0.2) is 46.0 Å². The number of hydrogen-bond donors (Lipinski definition) is 2. The summed E-state index contributed by atoms with van der Waals surface area (Å²) in [5, 5.41) is 11.0. The monoisotopic (exact) mass is 450 g/mol. The molecule has 10 nitrogen and oxygen atoms in total. The number of carbonyl (C=O) groups is 1. The Morgan fingerprint density at radius 1 is 1.09 bits per heavy atom. The fourth-order valence-corrected chi connectivity index (χ4v) is 3.38. The molecule has 0 spiro atoms. The average Bonchev–Trinajstić information content (AvgIpc) is 3.23. The summed E-state index contributed by atoms with van der Waals surface area (Å²) in [5.41, 5.74) is 2.05. The summed E-state index contributed by atoms with van der Waals surface area (Å²) in [6, 6.07) is 10.7. The highest BCUT2D eigenvalue weighted by atomic mass is 19.1. The number of hydrogen-bond acceptors (Lipinski definition) is 9. The molecule has 0 saturated heterocycles. The van der Waals surface area contributed by atoms with Crippen LogP contribution in [0.25, 0.3) is 10.9 Å². The molecular formula is C22H19FN6O4. The number of carbonyl (C=O) groups excluding carboxylic acids is 1. The van der Waals surface area contributed by atoms with Crippen LogP contribution in [0.1, 0.15) is 0 Å². The number of fused-ring (bicyclic) bond motifs is 2. The quantitative estimate of drug-likeness (QED) is 0.427. The molecule has 0 bridgehead atoms. The van der Waals surface area contributed by atoms with E-state index in [-0.39, 0.29) is 24.3 Å². The van der Waals surface area contributed by atoms with E-state index in [9.17, 15) is 9.18 Å². The van der Waals surface area contributed by atoms with Crippen LogP contribution in [0.4, 0.5) is 27.5 Å². The first-order valence-electron chi connectivity index (χ1n) is 10.1. The standard InChI is InChI=1S/C22H19FN6O4/c1-31-20(30)12-29-17-4-2-14(8-13(17)10-25-29)27-22-24-11-16(23)21(28-22)26-15-3-5-18-19(9-15)33-7-6-32-18/h2-5,8-11H,6-7,12H2,1H3,(H2,24,26,27,28). The van der Waals surface area contributed by atoms with E-state index in [2.05, 4.69) is 30.4 Å². The molecule has 0 fully saturated rings. The molecule has 11 heteroatoms. The van der Waals surface area contributed by atoms with Gasteiger partial charge in [-0.3, -0.25) is 9.48 Å². The maximum Gasteiger partial charge on any atom is 0.327 e. The molecule has 1 aliphatic heterocycles. The molecule has 1 aliphatic rings. The number of ether oxygens (including phenoxy) is 3. The summed E-state index contributed by atoms with van der Waals surface area (Å²) >= 11 is 0. The van der Waals surface area contributed by atoms with Crippen LogP contribution in [0.5, 0.6) is 11.5 Å². The number of rotatable bonds is 6. The van der Waals surface area contributed by atoms with Crippen molar-refractivity contribution in [2.45, 2.75) is 6.54 Å². The second-order valence-electron chi connectivity index (χ2n) is 7.15. The molecule has 2 N–H and O–H groups in total. The SMILES string of the molecule is COC(=O)Cn1ncc2cc(Nc3ncc(F)c(Nc4ccc5c(c4)OCCO5)n3)ccc21. The first kappa shape index (κ1) is 20.5. The van der Waals surface area contributed by atoms with Crippen molar-refractivity contribution in [3.8, 4) is 11.5 Å². The van der Waals surface area contributed by atoms with Gasteiger partial charge in [0.2, 0.25) is 5.95 Å². The second-order valence-corrected chi connectivity index (χ2v) is 7.15. The maximum atomic E-state index is 14.4. The van der Waals surface area contributed by atoms with Gasteiger partial charge in [-0.15, -0.1) is 0 Å². The minimum absolute atomic E-state index is 0.0103. The highest BCUT2D eigenvalue weighted by Gasteiger charge is 2.14. The Kier molecular flexibility index (Phi) is 5.35. The van der Waals surface area contributed by atoms with E-state index >= 15 is 0 Å². The highest BCUT2D eigenvalue weighted by molar-refractivity contribution is 5.84. The van der Waals surface area contributed by atoms with Crippen molar-refractivity contribution in [2.75, 3.05) is 31.0 Å². The zero-order valence-corrected chi connectivity index (χ0v) is 17.5. The summed E-state index contributed by atoms with van der Waals surface area (Å²) in [6.45, 7) is 0.967. The third kappa shape index (κ3) is 4.33. The Hall–Kier alpha value is -4.41. The summed E-state index contributed by atoms with van der Waals surface area (Å²) < 4.78 is 31.7. The van der Waals surface area contributed by atoms with Crippen molar-refractivity contribution < 1.29 is 23.4 Å². The molecule has 0 aliphatic carbocycles. The Labute approximate surface area is 187 Å². The van der Waals surface area contributed by atoms with Gasteiger partial charge in [0, 0.05) is 22.8 Å². The van der Waals surface area contributed by atoms with Gasteiger partial charge in [-0.2, -0.15) is 10.1 Å². The van der Waals surface area contributed by atoms with Gasteiger partial charge < -0.3 is 24.8 Å². The number of nitrogens with one attached hydrogen (secondary N) is 2. The zero-order valence-electron chi connectivity index (χ0n) is 17.5. The van der Waals surface area contributed by atoms with Crippen molar-refractivity contribution in [3.05, 3.63) is 54.6 Å². The first-order chi connectivity index (χ1) is 16.1. The number of anilines is 4. The largest absolute Gasteiger partial charge is 0.486 e. The lowest BCUT2D eigenvalue weighted by molar-refractivity contribution is -0.141. The van der Waals surface area contributed by atoms with E-state index in [1.807, 2.05) is 12.1 Å². The lowest BCUT2D eigenvalue weighted by Gasteiger charge is -2.19. The molecule has 33 heavy (non-hydrogen) atoms. The van der Waals surface area contributed by atoms with Crippen molar-refractivity contribution in [1.82, 2.24) is 19.7 Å². The molecule has 0 saturated carbocycles. The van der Waals surface area contributed by atoms with E-state index in [0.717, 1.165) is 17.1 Å². The third-order valence-electron chi connectivity index (χ3n) is 4.95. The van der Waals surface area contributed by atoms with Gasteiger partial charge in [-0.1, -0.05) is 0 Å². The molecule has 168 valence electrons. The minimum atomic E-state index is -0.602. The van der Waals surface area contributed by atoms with Gasteiger partial charge in [0.25, 0.3) is 0 Å². The number of methoxy groups -OCH3 is 1. The van der Waals surface area contributed by atoms with Crippen LogP contribution >= 0.6 is 0 Å². The van der Waals surface area contributed by atoms with E-state index in [1.165, 1.54) is 7.11 Å². The Morgan fingerprint density at radius 2 is 1.88 bits per heavy atom. The molecule has 4 aromatic rings. The lowest BCUT2D eigenvalue weighted by atomic mass is 10.2. The van der Waals surface area contributed by atoms with E-state index < -0.39 is 5.82 Å². The van der Waals surface area contributed by atoms with Crippen molar-refractivity contribution >= 4 is 40.0 Å². The molecular weight excluding hydrogens is 431 g/mol. The Morgan fingerprint density at radius 3 is 2.73 bits per heavy atom. The number of nitrogens with zero attached hydrogens (tertiary/aromatic N) is 4. The predicted molar refractivity (Wildman–Crippen MR) is 118 cm³/mol. The molecule has 2 aromatic carbocycles.